The van der Waals surface area contributed by atoms with Crippen LogP contribution >= 0.6 is 0 Å². The van der Waals surface area contributed by atoms with E-state index in [0.717, 1.165) is 5.56 Å². The Morgan fingerprint density at radius 3 is 2.18 bits per heavy atom. The van der Waals surface area contributed by atoms with Gasteiger partial charge in [-0.1, -0.05) is 42.0 Å². The molecule has 0 spiro atoms. The highest BCUT2D eigenvalue weighted by Gasteiger charge is 2.11. The van der Waals surface area contributed by atoms with Crippen molar-refractivity contribution in [3.63, 3.8) is 0 Å². The summed E-state index contributed by atoms with van der Waals surface area (Å²) in [5.41, 5.74) is 2.27. The van der Waals surface area contributed by atoms with Crippen molar-refractivity contribution in [1.29, 1.82) is 0 Å². The lowest BCUT2D eigenvalue weighted by atomic mass is 10.1. The molecule has 2 aromatic carbocycles. The monoisotopic (exact) mass is 316 g/mol. The van der Waals surface area contributed by atoms with Gasteiger partial charge in [-0.2, -0.15) is 13.5 Å². The van der Waals surface area contributed by atoms with Crippen LogP contribution in [0.1, 0.15) is 28.4 Å². The fourth-order valence-electron chi connectivity index (χ4n) is 1.74. The SMILES string of the molecule is CC(=O)c1ccc(/C=N/NS(=O)(=O)c2ccc(C)cc2)cc1. The van der Waals surface area contributed by atoms with Gasteiger partial charge in [0.2, 0.25) is 0 Å². The van der Waals surface area contributed by atoms with Crippen molar-refractivity contribution in [2.45, 2.75) is 18.7 Å². The third-order valence-electron chi connectivity index (χ3n) is 3.03. The van der Waals surface area contributed by atoms with Crippen molar-refractivity contribution in [2.75, 3.05) is 0 Å². The average molecular weight is 316 g/mol. The molecule has 0 atom stereocenters. The maximum Gasteiger partial charge on any atom is 0.276 e. The number of hydrogen-bond acceptors (Lipinski definition) is 4. The molecule has 2 aromatic rings. The number of benzene rings is 2. The maximum atomic E-state index is 12.0. The Labute approximate surface area is 129 Å². The molecule has 0 aliphatic carbocycles. The van der Waals surface area contributed by atoms with Crippen LogP contribution in [0.2, 0.25) is 0 Å². The van der Waals surface area contributed by atoms with Gasteiger partial charge < -0.3 is 0 Å². The lowest BCUT2D eigenvalue weighted by Gasteiger charge is -2.03. The molecule has 0 aliphatic rings. The number of aryl methyl sites for hydroxylation is 1. The van der Waals surface area contributed by atoms with Crippen molar-refractivity contribution < 1.29 is 13.2 Å². The molecule has 0 aliphatic heterocycles. The first-order chi connectivity index (χ1) is 10.4. The number of Topliss-reactive ketones (excluding diaryl/α,β-unsaturated/α-hetero) is 1. The molecule has 0 saturated carbocycles. The predicted octanol–water partition coefficient (Wildman–Crippen LogP) is 2.51. The van der Waals surface area contributed by atoms with Gasteiger partial charge in [0.05, 0.1) is 11.1 Å². The zero-order chi connectivity index (χ0) is 16.2. The Morgan fingerprint density at radius 1 is 1.05 bits per heavy atom. The number of nitrogens with one attached hydrogen (secondary N) is 1. The van der Waals surface area contributed by atoms with Crippen molar-refractivity contribution in [3.8, 4) is 0 Å². The van der Waals surface area contributed by atoms with Crippen molar-refractivity contribution >= 4 is 22.0 Å². The molecule has 0 amide bonds. The number of hydrazone groups is 1. The Hall–Kier alpha value is -2.47. The predicted molar refractivity (Wildman–Crippen MR) is 85.5 cm³/mol. The summed E-state index contributed by atoms with van der Waals surface area (Å²) >= 11 is 0. The molecule has 0 heterocycles. The smallest absolute Gasteiger partial charge is 0.276 e. The minimum Gasteiger partial charge on any atom is -0.295 e. The van der Waals surface area contributed by atoms with Crippen LogP contribution in [0, 0.1) is 6.92 Å². The van der Waals surface area contributed by atoms with Gasteiger partial charge >= 0.3 is 0 Å². The molecule has 0 bridgehead atoms. The summed E-state index contributed by atoms with van der Waals surface area (Å²) in [7, 11) is -3.67. The van der Waals surface area contributed by atoms with Crippen LogP contribution in [0.25, 0.3) is 0 Å². The summed E-state index contributed by atoms with van der Waals surface area (Å²) in [5, 5.41) is 3.74. The van der Waals surface area contributed by atoms with Crippen molar-refractivity contribution in [2.24, 2.45) is 5.10 Å². The van der Waals surface area contributed by atoms with E-state index in [1.807, 2.05) is 6.92 Å². The van der Waals surface area contributed by atoms with E-state index in [0.29, 0.717) is 11.1 Å². The molecular formula is C16H16N2O3S. The molecule has 0 fully saturated rings. The summed E-state index contributed by atoms with van der Waals surface area (Å²) in [6.07, 6.45) is 1.38. The molecule has 5 nitrogen and oxygen atoms in total. The number of carbonyl (C=O) groups is 1. The van der Waals surface area contributed by atoms with E-state index in [2.05, 4.69) is 9.93 Å². The van der Waals surface area contributed by atoms with Crippen LogP contribution < -0.4 is 4.83 Å². The van der Waals surface area contributed by atoms with E-state index in [-0.39, 0.29) is 10.7 Å². The van der Waals surface area contributed by atoms with Gasteiger partial charge in [-0.25, -0.2) is 4.83 Å². The molecule has 22 heavy (non-hydrogen) atoms. The van der Waals surface area contributed by atoms with E-state index >= 15 is 0 Å². The third-order valence-corrected chi connectivity index (χ3v) is 4.27. The number of sulfonamides is 1. The van der Waals surface area contributed by atoms with Gasteiger partial charge in [-0.15, -0.1) is 0 Å². The lowest BCUT2D eigenvalue weighted by molar-refractivity contribution is 0.101. The second kappa shape index (κ2) is 6.53. The van der Waals surface area contributed by atoms with E-state index in [1.165, 1.54) is 25.3 Å². The van der Waals surface area contributed by atoms with E-state index in [4.69, 9.17) is 0 Å². The minimum atomic E-state index is -3.67. The van der Waals surface area contributed by atoms with Crippen LogP contribution in [-0.4, -0.2) is 20.4 Å². The molecular weight excluding hydrogens is 300 g/mol. The fraction of sp³-hybridized carbons (Fsp3) is 0.125. The minimum absolute atomic E-state index is 0.0245. The van der Waals surface area contributed by atoms with Gasteiger partial charge in [0, 0.05) is 5.56 Å². The summed E-state index contributed by atoms with van der Waals surface area (Å²) in [6.45, 7) is 3.37. The average Bonchev–Trinajstić information content (AvgIpc) is 2.48. The number of nitrogens with zero attached hydrogens (tertiary/aromatic N) is 1. The molecule has 114 valence electrons. The third kappa shape index (κ3) is 4.02. The normalized spacial score (nSPS) is 11.5. The second-order valence-corrected chi connectivity index (χ2v) is 6.51. The van der Waals surface area contributed by atoms with Gasteiger partial charge in [-0.3, -0.25) is 4.79 Å². The molecule has 0 radical (unpaired) electrons. The summed E-state index contributed by atoms with van der Waals surface area (Å²) in [4.78, 5) is 13.5. The van der Waals surface area contributed by atoms with Crippen molar-refractivity contribution in [1.82, 2.24) is 4.83 Å². The number of ketones is 1. The van der Waals surface area contributed by atoms with E-state index < -0.39 is 10.0 Å². The molecule has 6 heteroatoms. The first-order valence-corrected chi connectivity index (χ1v) is 8.09. The van der Waals surface area contributed by atoms with Gasteiger partial charge in [-0.05, 0) is 31.5 Å². The summed E-state index contributed by atoms with van der Waals surface area (Å²) in [5.74, 6) is -0.0245. The first-order valence-electron chi connectivity index (χ1n) is 6.61. The van der Waals surface area contributed by atoms with Crippen LogP contribution in [0.5, 0.6) is 0 Å². The number of rotatable bonds is 5. The standard InChI is InChI=1S/C16H16N2O3S/c1-12-3-9-16(10-4-12)22(20,21)18-17-11-14-5-7-15(8-6-14)13(2)19/h3-11,18H,1-2H3/b17-11+. The van der Waals surface area contributed by atoms with Crippen molar-refractivity contribution in [3.05, 3.63) is 65.2 Å². The molecule has 0 aromatic heterocycles. The Morgan fingerprint density at radius 2 is 1.64 bits per heavy atom. The summed E-state index contributed by atoms with van der Waals surface area (Å²) in [6, 6.07) is 13.2. The van der Waals surface area contributed by atoms with Gasteiger partial charge in [0.25, 0.3) is 10.0 Å². The Balaban J connectivity index is 2.08. The topological polar surface area (TPSA) is 75.6 Å². The number of carbonyl (C=O) groups excluding carboxylic acids is 1. The lowest BCUT2D eigenvalue weighted by Crippen LogP contribution is -2.18. The highest BCUT2D eigenvalue weighted by atomic mass is 32.2. The highest BCUT2D eigenvalue weighted by Crippen LogP contribution is 2.09. The van der Waals surface area contributed by atoms with Crippen LogP contribution in [0.15, 0.2) is 58.5 Å². The second-order valence-electron chi connectivity index (χ2n) is 4.84. The molecule has 2 rings (SSSR count). The number of hydrogen-bond donors (Lipinski definition) is 1. The maximum absolute atomic E-state index is 12.0. The van der Waals surface area contributed by atoms with Crippen LogP contribution in [0.3, 0.4) is 0 Å². The molecule has 1 N–H and O–H groups in total. The largest absolute Gasteiger partial charge is 0.295 e. The van der Waals surface area contributed by atoms with E-state index in [9.17, 15) is 13.2 Å². The van der Waals surface area contributed by atoms with E-state index in [1.54, 1.807) is 36.4 Å². The quantitative estimate of drug-likeness (QED) is 0.523. The van der Waals surface area contributed by atoms with Crippen LogP contribution in [0.4, 0.5) is 0 Å². The first kappa shape index (κ1) is 15.9. The highest BCUT2D eigenvalue weighted by molar-refractivity contribution is 7.89. The Bertz CT molecular complexity index is 792. The van der Waals surface area contributed by atoms with Crippen LogP contribution in [-0.2, 0) is 10.0 Å². The van der Waals surface area contributed by atoms with Gasteiger partial charge in [0.15, 0.2) is 5.78 Å². The Kier molecular flexibility index (Phi) is 4.72. The molecule has 0 unspecified atom stereocenters. The summed E-state index contributed by atoms with van der Waals surface area (Å²) < 4.78 is 24.0. The van der Waals surface area contributed by atoms with Gasteiger partial charge in [0.1, 0.15) is 0 Å². The fourth-order valence-corrected chi connectivity index (χ4v) is 2.54. The zero-order valence-corrected chi connectivity index (χ0v) is 13.1. The molecule has 0 saturated heterocycles. The zero-order valence-electron chi connectivity index (χ0n) is 12.3.